The van der Waals surface area contributed by atoms with Crippen LogP contribution in [0.5, 0.6) is 0 Å². The Hall–Kier alpha value is -3.34. The molecule has 0 bridgehead atoms. The van der Waals surface area contributed by atoms with Crippen LogP contribution in [0.1, 0.15) is 79.1 Å². The van der Waals surface area contributed by atoms with Crippen LogP contribution in [0.25, 0.3) is 0 Å². The third-order valence-corrected chi connectivity index (χ3v) is 7.10. The smallest absolute Gasteiger partial charge is 0.254 e. The van der Waals surface area contributed by atoms with Gasteiger partial charge in [0.25, 0.3) is 5.91 Å². The number of benzene rings is 2. The van der Waals surface area contributed by atoms with Crippen LogP contribution in [-0.2, 0) is 24.3 Å². The van der Waals surface area contributed by atoms with Crippen LogP contribution in [0.3, 0.4) is 0 Å². The lowest BCUT2D eigenvalue weighted by Gasteiger charge is -2.35. The summed E-state index contributed by atoms with van der Waals surface area (Å²) < 4.78 is 5.55. The standard InChI is InChI=1S/C31H38N2O3/c1-2-3-11-25-17-19-27(20-18-25)31(35)33(28-14-8-5-9-15-28)24-30(34)32(23-29-16-10-21-36-29)22-26-12-6-4-7-13-26/h4,6-7,10,12-13,16-21,28H,2-3,5,8-9,11,14-15,22-24H2,1H3. The normalized spacial score (nSPS) is 13.9. The van der Waals surface area contributed by atoms with Gasteiger partial charge in [-0.3, -0.25) is 9.59 Å². The van der Waals surface area contributed by atoms with Gasteiger partial charge >= 0.3 is 0 Å². The van der Waals surface area contributed by atoms with Crippen molar-refractivity contribution in [1.82, 2.24) is 9.80 Å². The van der Waals surface area contributed by atoms with E-state index in [1.54, 1.807) is 11.2 Å². The fraction of sp³-hybridized carbons (Fsp3) is 0.419. The molecule has 1 aliphatic rings. The van der Waals surface area contributed by atoms with Crippen molar-refractivity contribution >= 4 is 11.8 Å². The number of furan rings is 1. The van der Waals surface area contributed by atoms with Gasteiger partial charge < -0.3 is 14.2 Å². The minimum absolute atomic E-state index is 0.0463. The number of nitrogens with zero attached hydrogens (tertiary/aromatic N) is 2. The minimum Gasteiger partial charge on any atom is -0.467 e. The first-order chi connectivity index (χ1) is 17.6. The zero-order valence-electron chi connectivity index (χ0n) is 21.4. The quantitative estimate of drug-likeness (QED) is 0.306. The van der Waals surface area contributed by atoms with E-state index in [0.717, 1.165) is 56.3 Å². The van der Waals surface area contributed by atoms with Crippen LogP contribution in [0.15, 0.2) is 77.4 Å². The van der Waals surface area contributed by atoms with Crippen molar-refractivity contribution in [3.8, 4) is 0 Å². The Morgan fingerprint density at radius 2 is 1.61 bits per heavy atom. The number of amides is 2. The molecule has 1 heterocycles. The van der Waals surface area contributed by atoms with E-state index >= 15 is 0 Å². The van der Waals surface area contributed by atoms with Crippen molar-refractivity contribution in [2.24, 2.45) is 0 Å². The first-order valence-corrected chi connectivity index (χ1v) is 13.4. The molecular formula is C31H38N2O3. The fourth-order valence-electron chi connectivity index (χ4n) is 4.99. The van der Waals surface area contributed by atoms with Crippen molar-refractivity contribution in [2.45, 2.75) is 77.4 Å². The first-order valence-electron chi connectivity index (χ1n) is 13.4. The van der Waals surface area contributed by atoms with Crippen molar-refractivity contribution < 1.29 is 14.0 Å². The average molecular weight is 487 g/mol. The third-order valence-electron chi connectivity index (χ3n) is 7.10. The molecule has 1 fully saturated rings. The SMILES string of the molecule is CCCCc1ccc(C(=O)N(CC(=O)N(Cc2ccccc2)Cc2ccco2)C2CCCCC2)cc1. The van der Waals surface area contributed by atoms with Gasteiger partial charge in [-0.2, -0.15) is 0 Å². The molecule has 4 rings (SSSR count). The lowest BCUT2D eigenvalue weighted by Crippen LogP contribution is -2.48. The summed E-state index contributed by atoms with van der Waals surface area (Å²) in [7, 11) is 0. The molecule has 190 valence electrons. The Morgan fingerprint density at radius 1 is 0.861 bits per heavy atom. The van der Waals surface area contributed by atoms with Crippen LogP contribution in [0.4, 0.5) is 0 Å². The number of hydrogen-bond donors (Lipinski definition) is 0. The molecule has 5 nitrogen and oxygen atoms in total. The molecule has 2 amide bonds. The lowest BCUT2D eigenvalue weighted by atomic mass is 9.93. The maximum Gasteiger partial charge on any atom is 0.254 e. The summed E-state index contributed by atoms with van der Waals surface area (Å²) in [6.07, 6.45) is 10.2. The molecule has 2 aromatic carbocycles. The van der Waals surface area contributed by atoms with E-state index in [-0.39, 0.29) is 24.4 Å². The van der Waals surface area contributed by atoms with E-state index in [2.05, 4.69) is 19.1 Å². The molecule has 0 atom stereocenters. The Kier molecular flexibility index (Phi) is 9.37. The molecule has 36 heavy (non-hydrogen) atoms. The maximum absolute atomic E-state index is 13.7. The number of carbonyl (C=O) groups excluding carboxylic acids is 2. The van der Waals surface area contributed by atoms with Crippen LogP contribution in [0.2, 0.25) is 0 Å². The number of hydrogen-bond acceptors (Lipinski definition) is 3. The van der Waals surface area contributed by atoms with Gasteiger partial charge in [-0.1, -0.05) is 75.1 Å². The minimum atomic E-state index is -0.0613. The van der Waals surface area contributed by atoms with Gasteiger partial charge in [0.2, 0.25) is 5.91 Å². The summed E-state index contributed by atoms with van der Waals surface area (Å²) in [5.41, 5.74) is 2.96. The summed E-state index contributed by atoms with van der Waals surface area (Å²) >= 11 is 0. The molecule has 0 spiro atoms. The van der Waals surface area contributed by atoms with E-state index in [4.69, 9.17) is 4.42 Å². The average Bonchev–Trinajstić information content (AvgIpc) is 3.44. The molecule has 1 aromatic heterocycles. The first kappa shape index (κ1) is 25.7. The van der Waals surface area contributed by atoms with Crippen LogP contribution in [-0.4, -0.2) is 34.2 Å². The second kappa shape index (κ2) is 13.1. The zero-order valence-corrected chi connectivity index (χ0v) is 21.4. The van der Waals surface area contributed by atoms with E-state index in [1.807, 2.05) is 59.5 Å². The van der Waals surface area contributed by atoms with Crippen molar-refractivity contribution in [2.75, 3.05) is 6.54 Å². The molecular weight excluding hydrogens is 448 g/mol. The Morgan fingerprint density at radius 3 is 2.28 bits per heavy atom. The zero-order chi connectivity index (χ0) is 25.2. The van der Waals surface area contributed by atoms with Gasteiger partial charge in [0, 0.05) is 18.2 Å². The molecule has 0 saturated heterocycles. The molecule has 1 aliphatic carbocycles. The predicted octanol–water partition coefficient (Wildman–Crippen LogP) is 6.63. The highest BCUT2D eigenvalue weighted by Crippen LogP contribution is 2.25. The van der Waals surface area contributed by atoms with E-state index in [1.165, 1.54) is 12.0 Å². The van der Waals surface area contributed by atoms with Gasteiger partial charge in [0.1, 0.15) is 12.3 Å². The molecule has 3 aromatic rings. The highest BCUT2D eigenvalue weighted by molar-refractivity contribution is 5.96. The Bertz CT molecular complexity index is 1070. The summed E-state index contributed by atoms with van der Waals surface area (Å²) in [5.74, 6) is 0.626. The molecule has 0 N–H and O–H groups in total. The summed E-state index contributed by atoms with van der Waals surface area (Å²) in [4.78, 5) is 31.1. The van der Waals surface area contributed by atoms with Crippen LogP contribution >= 0.6 is 0 Å². The molecule has 1 saturated carbocycles. The highest BCUT2D eigenvalue weighted by Gasteiger charge is 2.30. The van der Waals surface area contributed by atoms with E-state index in [9.17, 15) is 9.59 Å². The topological polar surface area (TPSA) is 53.8 Å². The summed E-state index contributed by atoms with van der Waals surface area (Å²) in [5, 5.41) is 0. The molecule has 0 radical (unpaired) electrons. The van der Waals surface area contributed by atoms with Crippen LogP contribution < -0.4 is 0 Å². The second-order valence-corrected chi connectivity index (χ2v) is 9.84. The Balaban J connectivity index is 1.53. The van der Waals surface area contributed by atoms with Gasteiger partial charge in [-0.25, -0.2) is 0 Å². The molecule has 5 heteroatoms. The van der Waals surface area contributed by atoms with Crippen molar-refractivity contribution in [3.05, 3.63) is 95.4 Å². The third kappa shape index (κ3) is 7.09. The van der Waals surface area contributed by atoms with Crippen molar-refractivity contribution in [1.29, 1.82) is 0 Å². The van der Waals surface area contributed by atoms with Crippen LogP contribution in [0, 0.1) is 0 Å². The number of carbonyl (C=O) groups is 2. The highest BCUT2D eigenvalue weighted by atomic mass is 16.3. The fourth-order valence-corrected chi connectivity index (χ4v) is 4.99. The van der Waals surface area contributed by atoms with Crippen molar-refractivity contribution in [3.63, 3.8) is 0 Å². The van der Waals surface area contributed by atoms with E-state index in [0.29, 0.717) is 18.7 Å². The maximum atomic E-state index is 13.7. The summed E-state index contributed by atoms with van der Waals surface area (Å²) in [6, 6.07) is 21.8. The Labute approximate surface area is 215 Å². The molecule has 0 aliphatic heterocycles. The second-order valence-electron chi connectivity index (χ2n) is 9.84. The largest absolute Gasteiger partial charge is 0.467 e. The predicted molar refractivity (Wildman–Crippen MR) is 142 cm³/mol. The van der Waals surface area contributed by atoms with Gasteiger partial charge in [0.15, 0.2) is 0 Å². The summed E-state index contributed by atoms with van der Waals surface area (Å²) in [6.45, 7) is 3.11. The number of rotatable bonds is 11. The number of aryl methyl sites for hydroxylation is 1. The van der Waals surface area contributed by atoms with Gasteiger partial charge in [0.05, 0.1) is 12.8 Å². The lowest BCUT2D eigenvalue weighted by molar-refractivity contribution is -0.134. The van der Waals surface area contributed by atoms with Gasteiger partial charge in [-0.05, 0) is 61.1 Å². The van der Waals surface area contributed by atoms with E-state index < -0.39 is 0 Å². The number of unbranched alkanes of at least 4 members (excludes halogenated alkanes) is 1. The van der Waals surface area contributed by atoms with Gasteiger partial charge in [-0.15, -0.1) is 0 Å². The molecule has 0 unspecified atom stereocenters. The monoisotopic (exact) mass is 486 g/mol.